The van der Waals surface area contributed by atoms with Crippen LogP contribution in [0.4, 0.5) is 0 Å². The summed E-state index contributed by atoms with van der Waals surface area (Å²) in [5.74, 6) is 0.822. The first-order valence-electron chi connectivity index (χ1n) is 10.7. The zero-order chi connectivity index (χ0) is 22.5. The van der Waals surface area contributed by atoms with E-state index in [-0.39, 0.29) is 0 Å². The van der Waals surface area contributed by atoms with Crippen LogP contribution in [0.2, 0.25) is 0 Å². The molecule has 0 aliphatic heterocycles. The van der Waals surface area contributed by atoms with Crippen LogP contribution in [0.25, 0.3) is 16.9 Å². The second kappa shape index (κ2) is 9.56. The molecule has 32 heavy (non-hydrogen) atoms. The number of oxime groups is 1. The molecule has 0 spiro atoms. The lowest BCUT2D eigenvalue weighted by Crippen LogP contribution is -2.03. The maximum Gasteiger partial charge on any atom is 0.142 e. The molecule has 0 bridgehead atoms. The van der Waals surface area contributed by atoms with Gasteiger partial charge in [0.05, 0.1) is 18.5 Å². The summed E-state index contributed by atoms with van der Waals surface area (Å²) in [4.78, 5) is 5.73. The van der Waals surface area contributed by atoms with E-state index in [1.54, 1.807) is 7.11 Å². The van der Waals surface area contributed by atoms with Gasteiger partial charge in [-0.25, -0.2) is 0 Å². The Bertz CT molecular complexity index is 1240. The van der Waals surface area contributed by atoms with Crippen molar-refractivity contribution < 1.29 is 9.57 Å². The van der Waals surface area contributed by atoms with Crippen molar-refractivity contribution in [2.24, 2.45) is 5.16 Å². The monoisotopic (exact) mass is 424 g/mol. The maximum atomic E-state index is 5.73. The molecule has 0 saturated heterocycles. The number of nitrogens with zero attached hydrogens (tertiary/aromatic N) is 2. The summed E-state index contributed by atoms with van der Waals surface area (Å²) in [6.45, 7) is 6.64. The number of ether oxygens (including phenoxy) is 1. The molecule has 0 N–H and O–H groups in total. The molecule has 0 atom stereocenters. The minimum absolute atomic E-state index is 0.450. The van der Waals surface area contributed by atoms with Gasteiger partial charge in [0, 0.05) is 23.0 Å². The number of benzene rings is 3. The Morgan fingerprint density at radius 1 is 0.875 bits per heavy atom. The molecular formula is C28H28N2O2. The normalized spacial score (nSPS) is 11.4. The molecule has 4 aromatic rings. The number of aromatic nitrogens is 1. The van der Waals surface area contributed by atoms with Crippen LogP contribution in [0.1, 0.15) is 29.3 Å². The summed E-state index contributed by atoms with van der Waals surface area (Å²) in [6, 6.07) is 28.9. The van der Waals surface area contributed by atoms with E-state index in [9.17, 15) is 0 Å². The summed E-state index contributed by atoms with van der Waals surface area (Å²) >= 11 is 0. The SMILES string of the molecule is COc1cccc(-n2c(-c3ccccc3)cc(/C(C)=N\OCc3ccccc3C)c2C)c1. The van der Waals surface area contributed by atoms with E-state index >= 15 is 0 Å². The standard InChI is InChI=1S/C28H28N2O2/c1-20-11-8-9-14-24(20)19-32-29-21(2)27-18-28(23-12-6-5-7-13-23)30(22(27)3)25-15-10-16-26(17-25)31-4/h5-18H,19H2,1-4H3/b29-21-. The van der Waals surface area contributed by atoms with Crippen molar-refractivity contribution in [1.82, 2.24) is 4.57 Å². The van der Waals surface area contributed by atoms with Crippen LogP contribution in [-0.2, 0) is 11.4 Å². The largest absolute Gasteiger partial charge is 0.497 e. The fourth-order valence-electron chi connectivity index (χ4n) is 3.90. The molecule has 162 valence electrons. The molecular weight excluding hydrogens is 396 g/mol. The van der Waals surface area contributed by atoms with Gasteiger partial charge in [0.2, 0.25) is 0 Å². The highest BCUT2D eigenvalue weighted by Gasteiger charge is 2.17. The van der Waals surface area contributed by atoms with Gasteiger partial charge in [-0.3, -0.25) is 0 Å². The Balaban J connectivity index is 1.73. The van der Waals surface area contributed by atoms with Crippen molar-refractivity contribution >= 4 is 5.71 Å². The fraction of sp³-hybridized carbons (Fsp3) is 0.179. The first kappa shape index (κ1) is 21.4. The van der Waals surface area contributed by atoms with Gasteiger partial charge in [-0.2, -0.15) is 0 Å². The van der Waals surface area contributed by atoms with Gasteiger partial charge in [-0.1, -0.05) is 65.8 Å². The summed E-state index contributed by atoms with van der Waals surface area (Å²) in [6.07, 6.45) is 0. The Kier molecular flexibility index (Phi) is 6.41. The van der Waals surface area contributed by atoms with Crippen molar-refractivity contribution in [3.8, 4) is 22.7 Å². The van der Waals surface area contributed by atoms with Crippen LogP contribution >= 0.6 is 0 Å². The van der Waals surface area contributed by atoms with Crippen LogP contribution in [0.3, 0.4) is 0 Å². The molecule has 4 nitrogen and oxygen atoms in total. The van der Waals surface area contributed by atoms with Gasteiger partial charge in [-0.05, 0) is 55.7 Å². The average molecular weight is 425 g/mol. The van der Waals surface area contributed by atoms with Crippen molar-refractivity contribution in [3.63, 3.8) is 0 Å². The highest BCUT2D eigenvalue weighted by atomic mass is 16.6. The van der Waals surface area contributed by atoms with Gasteiger partial charge in [-0.15, -0.1) is 0 Å². The van der Waals surface area contributed by atoms with E-state index in [2.05, 4.69) is 72.1 Å². The number of methoxy groups -OCH3 is 1. The second-order valence-corrected chi connectivity index (χ2v) is 7.81. The molecule has 0 saturated carbocycles. The quantitative estimate of drug-likeness (QED) is 0.244. The number of hydrogen-bond acceptors (Lipinski definition) is 3. The van der Waals surface area contributed by atoms with Gasteiger partial charge < -0.3 is 14.1 Å². The van der Waals surface area contributed by atoms with Crippen molar-refractivity contribution in [1.29, 1.82) is 0 Å². The molecule has 0 radical (unpaired) electrons. The van der Waals surface area contributed by atoms with E-state index in [4.69, 9.17) is 9.57 Å². The Labute approximate surface area is 189 Å². The molecule has 4 rings (SSSR count). The van der Waals surface area contributed by atoms with Crippen LogP contribution in [0.5, 0.6) is 5.75 Å². The van der Waals surface area contributed by atoms with Crippen LogP contribution < -0.4 is 4.74 Å². The lowest BCUT2D eigenvalue weighted by atomic mass is 10.1. The van der Waals surface area contributed by atoms with E-state index in [0.717, 1.165) is 45.2 Å². The number of rotatable bonds is 7. The summed E-state index contributed by atoms with van der Waals surface area (Å²) < 4.78 is 7.71. The second-order valence-electron chi connectivity index (χ2n) is 7.81. The maximum absolute atomic E-state index is 5.73. The molecule has 0 aliphatic rings. The van der Waals surface area contributed by atoms with Gasteiger partial charge in [0.15, 0.2) is 0 Å². The van der Waals surface area contributed by atoms with Crippen LogP contribution in [0, 0.1) is 13.8 Å². The molecule has 0 unspecified atom stereocenters. The minimum Gasteiger partial charge on any atom is -0.497 e. The topological polar surface area (TPSA) is 35.8 Å². The Hall–Kier alpha value is -3.79. The van der Waals surface area contributed by atoms with Gasteiger partial charge in [0.1, 0.15) is 12.4 Å². The zero-order valence-electron chi connectivity index (χ0n) is 19.0. The highest BCUT2D eigenvalue weighted by molar-refractivity contribution is 6.01. The van der Waals surface area contributed by atoms with E-state index in [0.29, 0.717) is 6.61 Å². The molecule has 1 heterocycles. The zero-order valence-corrected chi connectivity index (χ0v) is 19.0. The first-order chi connectivity index (χ1) is 15.6. The average Bonchev–Trinajstić information content (AvgIpc) is 3.18. The van der Waals surface area contributed by atoms with Crippen molar-refractivity contribution in [2.75, 3.05) is 7.11 Å². The van der Waals surface area contributed by atoms with Crippen molar-refractivity contribution in [3.05, 3.63) is 107 Å². The predicted octanol–water partition coefficient (Wildman–Crippen LogP) is 6.71. The van der Waals surface area contributed by atoms with Gasteiger partial charge in [0.25, 0.3) is 0 Å². The lowest BCUT2D eigenvalue weighted by Gasteiger charge is -2.13. The van der Waals surface area contributed by atoms with E-state index in [1.165, 1.54) is 5.56 Å². The van der Waals surface area contributed by atoms with E-state index < -0.39 is 0 Å². The molecule has 3 aromatic carbocycles. The summed E-state index contributed by atoms with van der Waals surface area (Å²) in [7, 11) is 1.69. The molecule has 1 aromatic heterocycles. The fourth-order valence-corrected chi connectivity index (χ4v) is 3.90. The summed E-state index contributed by atoms with van der Waals surface area (Å²) in [5, 5.41) is 4.45. The third-order valence-corrected chi connectivity index (χ3v) is 5.70. The smallest absolute Gasteiger partial charge is 0.142 e. The van der Waals surface area contributed by atoms with Crippen LogP contribution in [-0.4, -0.2) is 17.4 Å². The number of aryl methyl sites for hydroxylation is 1. The molecule has 0 fully saturated rings. The van der Waals surface area contributed by atoms with Crippen LogP contribution in [0.15, 0.2) is 90.1 Å². The third kappa shape index (κ3) is 4.45. The van der Waals surface area contributed by atoms with E-state index in [1.807, 2.05) is 43.3 Å². The third-order valence-electron chi connectivity index (χ3n) is 5.70. The van der Waals surface area contributed by atoms with Gasteiger partial charge >= 0.3 is 0 Å². The first-order valence-corrected chi connectivity index (χ1v) is 10.7. The highest BCUT2D eigenvalue weighted by Crippen LogP contribution is 2.31. The van der Waals surface area contributed by atoms with Crippen molar-refractivity contribution in [2.45, 2.75) is 27.4 Å². The lowest BCUT2D eigenvalue weighted by molar-refractivity contribution is 0.130. The summed E-state index contributed by atoms with van der Waals surface area (Å²) in [5.41, 5.74) is 8.61. The minimum atomic E-state index is 0.450. The molecule has 4 heteroatoms. The molecule has 0 amide bonds. The Morgan fingerprint density at radius 3 is 2.38 bits per heavy atom. The Morgan fingerprint density at radius 2 is 1.62 bits per heavy atom. The predicted molar refractivity (Wildman–Crippen MR) is 131 cm³/mol. The molecule has 0 aliphatic carbocycles. The number of hydrogen-bond donors (Lipinski definition) is 0.